The lowest BCUT2D eigenvalue weighted by Crippen LogP contribution is -2.40. The number of aliphatic carboxylic acids is 1. The Kier molecular flexibility index (Phi) is 6.15. The number of allylic oxidation sites excluding steroid dienone is 1. The van der Waals surface area contributed by atoms with E-state index in [1.54, 1.807) is 6.08 Å². The first-order valence-electron chi connectivity index (χ1n) is 5.94. The number of hydrogen-bond donors (Lipinski definition) is 2. The maximum Gasteiger partial charge on any atom is 0.408 e. The quantitative estimate of drug-likeness (QED) is 0.740. The Morgan fingerprint density at radius 3 is 2.63 bits per heavy atom. The SMILES string of the molecule is C=CCC[C@H](NC(=O)OCc1ccccc1)C(=O)O. The van der Waals surface area contributed by atoms with Crippen molar-refractivity contribution in [2.75, 3.05) is 0 Å². The van der Waals surface area contributed by atoms with Crippen LogP contribution in [0.25, 0.3) is 0 Å². The molecule has 1 amide bonds. The molecular formula is C14H17NO4. The Bertz CT molecular complexity index is 430. The van der Waals surface area contributed by atoms with Gasteiger partial charge in [-0.1, -0.05) is 36.4 Å². The predicted molar refractivity (Wildman–Crippen MR) is 70.6 cm³/mol. The third kappa shape index (κ3) is 5.72. The van der Waals surface area contributed by atoms with Crippen molar-refractivity contribution in [3.63, 3.8) is 0 Å². The Labute approximate surface area is 111 Å². The number of carbonyl (C=O) groups is 2. The zero-order valence-corrected chi connectivity index (χ0v) is 10.5. The number of rotatable bonds is 7. The van der Waals surface area contributed by atoms with Crippen LogP contribution in [-0.4, -0.2) is 23.2 Å². The molecule has 5 heteroatoms. The van der Waals surface area contributed by atoms with Crippen LogP contribution >= 0.6 is 0 Å². The molecule has 0 saturated heterocycles. The van der Waals surface area contributed by atoms with Crippen LogP contribution < -0.4 is 5.32 Å². The van der Waals surface area contributed by atoms with Gasteiger partial charge in [0.15, 0.2) is 0 Å². The first kappa shape index (κ1) is 14.8. The van der Waals surface area contributed by atoms with Gasteiger partial charge in [-0.15, -0.1) is 6.58 Å². The van der Waals surface area contributed by atoms with Gasteiger partial charge in [0.25, 0.3) is 0 Å². The van der Waals surface area contributed by atoms with Crippen molar-refractivity contribution in [3.05, 3.63) is 48.6 Å². The van der Waals surface area contributed by atoms with Crippen LogP contribution in [0.4, 0.5) is 4.79 Å². The van der Waals surface area contributed by atoms with E-state index < -0.39 is 18.1 Å². The lowest BCUT2D eigenvalue weighted by atomic mass is 10.1. The van der Waals surface area contributed by atoms with E-state index in [1.165, 1.54) is 0 Å². The van der Waals surface area contributed by atoms with E-state index in [1.807, 2.05) is 30.3 Å². The highest BCUT2D eigenvalue weighted by Crippen LogP contribution is 2.02. The summed E-state index contributed by atoms with van der Waals surface area (Å²) in [4.78, 5) is 22.4. The van der Waals surface area contributed by atoms with Crippen molar-refractivity contribution in [2.45, 2.75) is 25.5 Å². The fourth-order valence-electron chi connectivity index (χ4n) is 1.45. The number of nitrogens with one attached hydrogen (secondary N) is 1. The van der Waals surface area contributed by atoms with Crippen molar-refractivity contribution in [2.24, 2.45) is 0 Å². The molecule has 1 aromatic carbocycles. The summed E-state index contributed by atoms with van der Waals surface area (Å²) < 4.78 is 4.95. The maximum atomic E-state index is 11.5. The lowest BCUT2D eigenvalue weighted by Gasteiger charge is -2.13. The molecular weight excluding hydrogens is 246 g/mol. The first-order chi connectivity index (χ1) is 9.13. The van der Waals surface area contributed by atoms with Gasteiger partial charge in [0.1, 0.15) is 12.6 Å². The van der Waals surface area contributed by atoms with Crippen LogP contribution in [0.3, 0.4) is 0 Å². The minimum atomic E-state index is -1.08. The first-order valence-corrected chi connectivity index (χ1v) is 5.94. The smallest absolute Gasteiger partial charge is 0.408 e. The summed E-state index contributed by atoms with van der Waals surface area (Å²) in [5, 5.41) is 11.2. The molecule has 0 heterocycles. The summed E-state index contributed by atoms with van der Waals surface area (Å²) in [6.07, 6.45) is 1.67. The number of hydrogen-bond acceptors (Lipinski definition) is 3. The van der Waals surface area contributed by atoms with Gasteiger partial charge in [0.05, 0.1) is 0 Å². The molecule has 0 aliphatic rings. The van der Waals surface area contributed by atoms with Crippen LogP contribution in [-0.2, 0) is 16.1 Å². The Morgan fingerprint density at radius 1 is 1.37 bits per heavy atom. The zero-order chi connectivity index (χ0) is 14.1. The average Bonchev–Trinajstić information content (AvgIpc) is 2.42. The minimum Gasteiger partial charge on any atom is -0.480 e. The number of carboxylic acid groups (broad SMARTS) is 1. The molecule has 102 valence electrons. The number of benzene rings is 1. The topological polar surface area (TPSA) is 75.6 Å². The molecule has 0 spiro atoms. The molecule has 0 radical (unpaired) electrons. The summed E-state index contributed by atoms with van der Waals surface area (Å²) in [7, 11) is 0. The third-order valence-corrected chi connectivity index (χ3v) is 2.46. The fourth-order valence-corrected chi connectivity index (χ4v) is 1.45. The second-order valence-corrected chi connectivity index (χ2v) is 3.96. The van der Waals surface area contributed by atoms with Gasteiger partial charge in [0, 0.05) is 0 Å². The monoisotopic (exact) mass is 263 g/mol. The predicted octanol–water partition coefficient (Wildman–Crippen LogP) is 2.33. The largest absolute Gasteiger partial charge is 0.480 e. The van der Waals surface area contributed by atoms with E-state index >= 15 is 0 Å². The summed E-state index contributed by atoms with van der Waals surface area (Å²) in [6, 6.07) is 8.21. The molecule has 0 aromatic heterocycles. The van der Waals surface area contributed by atoms with Gasteiger partial charge >= 0.3 is 12.1 Å². The molecule has 2 N–H and O–H groups in total. The molecule has 0 unspecified atom stereocenters. The van der Waals surface area contributed by atoms with Crippen LogP contribution in [0.15, 0.2) is 43.0 Å². The van der Waals surface area contributed by atoms with E-state index in [0.29, 0.717) is 12.8 Å². The van der Waals surface area contributed by atoms with Gasteiger partial charge in [0.2, 0.25) is 0 Å². The Morgan fingerprint density at radius 2 is 2.05 bits per heavy atom. The molecule has 0 fully saturated rings. The normalized spacial score (nSPS) is 11.4. The summed E-state index contributed by atoms with van der Waals surface area (Å²) in [5.74, 6) is -1.08. The molecule has 0 aliphatic carbocycles. The summed E-state index contributed by atoms with van der Waals surface area (Å²) in [5.41, 5.74) is 0.843. The molecule has 19 heavy (non-hydrogen) atoms. The highest BCUT2D eigenvalue weighted by atomic mass is 16.5. The second kappa shape index (κ2) is 7.92. The number of carbonyl (C=O) groups excluding carboxylic acids is 1. The standard InChI is InChI=1S/C14H17NO4/c1-2-3-9-12(13(16)17)15-14(18)19-10-11-7-5-4-6-8-11/h2,4-8,12H,1,3,9-10H2,(H,15,18)(H,16,17)/t12-/m0/s1. The molecule has 0 aliphatic heterocycles. The Hall–Kier alpha value is -2.30. The van der Waals surface area contributed by atoms with Crippen LogP contribution in [0, 0.1) is 0 Å². The molecule has 1 rings (SSSR count). The molecule has 1 aromatic rings. The van der Waals surface area contributed by atoms with E-state index in [4.69, 9.17) is 9.84 Å². The number of ether oxygens (including phenoxy) is 1. The number of carboxylic acids is 1. The van der Waals surface area contributed by atoms with Crippen molar-refractivity contribution in [3.8, 4) is 0 Å². The fraction of sp³-hybridized carbons (Fsp3) is 0.286. The minimum absolute atomic E-state index is 0.112. The second-order valence-electron chi connectivity index (χ2n) is 3.96. The Balaban J connectivity index is 2.40. The summed E-state index contributed by atoms with van der Waals surface area (Å²) in [6.45, 7) is 3.62. The third-order valence-electron chi connectivity index (χ3n) is 2.46. The molecule has 5 nitrogen and oxygen atoms in total. The van der Waals surface area contributed by atoms with E-state index in [9.17, 15) is 9.59 Å². The number of alkyl carbamates (subject to hydrolysis) is 1. The van der Waals surface area contributed by atoms with Gasteiger partial charge in [-0.3, -0.25) is 0 Å². The van der Waals surface area contributed by atoms with Crippen LogP contribution in [0.5, 0.6) is 0 Å². The maximum absolute atomic E-state index is 11.5. The summed E-state index contributed by atoms with van der Waals surface area (Å²) >= 11 is 0. The van der Waals surface area contributed by atoms with Gasteiger partial charge in [-0.25, -0.2) is 9.59 Å². The lowest BCUT2D eigenvalue weighted by molar-refractivity contribution is -0.139. The van der Waals surface area contributed by atoms with Gasteiger partial charge in [-0.05, 0) is 18.4 Å². The molecule has 1 atom stereocenters. The highest BCUT2D eigenvalue weighted by Gasteiger charge is 2.19. The van der Waals surface area contributed by atoms with Gasteiger partial charge in [-0.2, -0.15) is 0 Å². The molecule has 0 saturated carbocycles. The van der Waals surface area contributed by atoms with Crippen LogP contribution in [0.2, 0.25) is 0 Å². The van der Waals surface area contributed by atoms with E-state index in [0.717, 1.165) is 5.56 Å². The van der Waals surface area contributed by atoms with Crippen LogP contribution in [0.1, 0.15) is 18.4 Å². The highest BCUT2D eigenvalue weighted by molar-refractivity contribution is 5.79. The number of amides is 1. The van der Waals surface area contributed by atoms with Crippen molar-refractivity contribution >= 4 is 12.1 Å². The van der Waals surface area contributed by atoms with Crippen molar-refractivity contribution in [1.82, 2.24) is 5.32 Å². The van der Waals surface area contributed by atoms with Crippen molar-refractivity contribution < 1.29 is 19.4 Å². The van der Waals surface area contributed by atoms with Gasteiger partial charge < -0.3 is 15.2 Å². The van der Waals surface area contributed by atoms with E-state index in [2.05, 4.69) is 11.9 Å². The zero-order valence-electron chi connectivity index (χ0n) is 10.5. The van der Waals surface area contributed by atoms with Crippen molar-refractivity contribution in [1.29, 1.82) is 0 Å². The molecule has 0 bridgehead atoms. The average molecular weight is 263 g/mol. The van der Waals surface area contributed by atoms with E-state index in [-0.39, 0.29) is 6.61 Å².